The summed E-state index contributed by atoms with van der Waals surface area (Å²) in [6.45, 7) is 8.40. The van der Waals surface area contributed by atoms with Crippen molar-refractivity contribution in [3.05, 3.63) is 12.4 Å². The minimum Gasteiger partial charge on any atom is -0.370 e. The van der Waals surface area contributed by atoms with Crippen LogP contribution in [0.3, 0.4) is 0 Å². The molecule has 1 aliphatic heterocycles. The number of piperazine rings is 1. The van der Waals surface area contributed by atoms with Gasteiger partial charge in [-0.15, -0.1) is 0 Å². The van der Waals surface area contributed by atoms with Crippen molar-refractivity contribution in [1.82, 2.24) is 15.3 Å². The predicted octanol–water partition coefficient (Wildman–Crippen LogP) is 1.49. The van der Waals surface area contributed by atoms with Crippen molar-refractivity contribution in [2.75, 3.05) is 36.4 Å². The molecule has 5 heteroatoms. The van der Waals surface area contributed by atoms with Crippen LogP contribution in [0.4, 0.5) is 11.6 Å². The Morgan fingerprint density at radius 2 is 2.39 bits per heavy atom. The van der Waals surface area contributed by atoms with E-state index in [1.165, 1.54) is 12.8 Å². The van der Waals surface area contributed by atoms with Gasteiger partial charge in [0.1, 0.15) is 18.0 Å². The highest BCUT2D eigenvalue weighted by Crippen LogP contribution is 2.15. The molecule has 1 aliphatic rings. The Labute approximate surface area is 109 Å². The third kappa shape index (κ3) is 3.57. The van der Waals surface area contributed by atoms with Crippen molar-refractivity contribution >= 4 is 11.6 Å². The monoisotopic (exact) mass is 249 g/mol. The van der Waals surface area contributed by atoms with E-state index in [4.69, 9.17) is 0 Å². The number of hydrogen-bond acceptors (Lipinski definition) is 5. The van der Waals surface area contributed by atoms with Crippen LogP contribution in [0.25, 0.3) is 0 Å². The highest BCUT2D eigenvalue weighted by atomic mass is 15.2. The van der Waals surface area contributed by atoms with Crippen LogP contribution < -0.4 is 15.5 Å². The summed E-state index contributed by atoms with van der Waals surface area (Å²) >= 11 is 0. The minimum absolute atomic E-state index is 0.519. The van der Waals surface area contributed by atoms with Crippen LogP contribution in [0.5, 0.6) is 0 Å². The van der Waals surface area contributed by atoms with Crippen molar-refractivity contribution in [2.24, 2.45) is 0 Å². The first-order valence-electron chi connectivity index (χ1n) is 6.84. The van der Waals surface area contributed by atoms with Crippen LogP contribution in [-0.4, -0.2) is 42.2 Å². The van der Waals surface area contributed by atoms with Gasteiger partial charge in [0.05, 0.1) is 0 Å². The Kier molecular flexibility index (Phi) is 4.75. The van der Waals surface area contributed by atoms with Crippen molar-refractivity contribution in [1.29, 1.82) is 0 Å². The molecule has 1 unspecified atom stereocenters. The topological polar surface area (TPSA) is 53.1 Å². The lowest BCUT2D eigenvalue weighted by molar-refractivity contribution is 0.482. The zero-order valence-electron chi connectivity index (χ0n) is 11.3. The maximum absolute atomic E-state index is 4.37. The first kappa shape index (κ1) is 13.1. The fraction of sp³-hybridized carbons (Fsp3) is 0.692. The molecule has 0 aromatic carbocycles. The van der Waals surface area contributed by atoms with E-state index in [1.54, 1.807) is 6.33 Å². The summed E-state index contributed by atoms with van der Waals surface area (Å²) in [6, 6.07) is 2.57. The van der Waals surface area contributed by atoms with E-state index < -0.39 is 0 Å². The van der Waals surface area contributed by atoms with Gasteiger partial charge in [-0.2, -0.15) is 0 Å². The smallest absolute Gasteiger partial charge is 0.134 e. The number of anilines is 2. The summed E-state index contributed by atoms with van der Waals surface area (Å²) in [5, 5.41) is 6.78. The molecule has 1 atom stereocenters. The zero-order valence-corrected chi connectivity index (χ0v) is 11.3. The predicted molar refractivity (Wildman–Crippen MR) is 75.1 cm³/mol. The molecule has 1 aromatic rings. The maximum atomic E-state index is 4.37. The molecule has 1 fully saturated rings. The molecule has 5 nitrogen and oxygen atoms in total. The molecule has 100 valence electrons. The molecule has 2 heterocycles. The Morgan fingerprint density at radius 3 is 3.17 bits per heavy atom. The molecule has 0 radical (unpaired) electrons. The summed E-state index contributed by atoms with van der Waals surface area (Å²) in [7, 11) is 0. The lowest BCUT2D eigenvalue weighted by atomic mass is 10.2. The summed E-state index contributed by atoms with van der Waals surface area (Å²) in [4.78, 5) is 10.9. The summed E-state index contributed by atoms with van der Waals surface area (Å²) in [6.07, 6.45) is 4.01. The second-order valence-electron chi connectivity index (χ2n) is 4.84. The lowest BCUT2D eigenvalue weighted by Gasteiger charge is -2.32. The molecular formula is C13H23N5. The van der Waals surface area contributed by atoms with Gasteiger partial charge >= 0.3 is 0 Å². The van der Waals surface area contributed by atoms with Gasteiger partial charge in [-0.25, -0.2) is 9.97 Å². The van der Waals surface area contributed by atoms with Gasteiger partial charge in [0, 0.05) is 38.3 Å². The van der Waals surface area contributed by atoms with E-state index >= 15 is 0 Å². The van der Waals surface area contributed by atoms with Gasteiger partial charge in [-0.3, -0.25) is 0 Å². The Morgan fingerprint density at radius 1 is 1.50 bits per heavy atom. The molecule has 1 saturated heterocycles. The number of hydrogen-bond donors (Lipinski definition) is 2. The summed E-state index contributed by atoms with van der Waals surface area (Å²) in [5.74, 6) is 1.96. The molecule has 0 bridgehead atoms. The third-order valence-corrected chi connectivity index (χ3v) is 3.18. The first-order valence-corrected chi connectivity index (χ1v) is 6.84. The van der Waals surface area contributed by atoms with Crippen LogP contribution in [0.15, 0.2) is 12.4 Å². The van der Waals surface area contributed by atoms with Gasteiger partial charge in [0.15, 0.2) is 0 Å². The fourth-order valence-corrected chi connectivity index (χ4v) is 2.15. The minimum atomic E-state index is 0.519. The molecule has 2 N–H and O–H groups in total. The lowest BCUT2D eigenvalue weighted by Crippen LogP contribution is -2.49. The van der Waals surface area contributed by atoms with Crippen LogP contribution in [0, 0.1) is 0 Å². The van der Waals surface area contributed by atoms with Gasteiger partial charge in [0.25, 0.3) is 0 Å². The first-order chi connectivity index (χ1) is 8.79. The molecular weight excluding hydrogens is 226 g/mol. The molecule has 1 aromatic heterocycles. The van der Waals surface area contributed by atoms with E-state index in [0.29, 0.717) is 6.04 Å². The number of aromatic nitrogens is 2. The van der Waals surface area contributed by atoms with Crippen LogP contribution >= 0.6 is 0 Å². The highest BCUT2D eigenvalue weighted by Gasteiger charge is 2.17. The second kappa shape index (κ2) is 6.54. The number of rotatable bonds is 5. The normalized spacial score (nSPS) is 19.9. The van der Waals surface area contributed by atoms with Crippen LogP contribution in [-0.2, 0) is 0 Å². The van der Waals surface area contributed by atoms with Crippen molar-refractivity contribution in [2.45, 2.75) is 32.7 Å². The summed E-state index contributed by atoms with van der Waals surface area (Å²) < 4.78 is 0. The number of nitrogens with zero attached hydrogens (tertiary/aromatic N) is 3. The van der Waals surface area contributed by atoms with E-state index in [9.17, 15) is 0 Å². The van der Waals surface area contributed by atoms with Gasteiger partial charge < -0.3 is 15.5 Å². The third-order valence-electron chi connectivity index (χ3n) is 3.18. The second-order valence-corrected chi connectivity index (χ2v) is 4.84. The Bertz CT molecular complexity index is 368. The van der Waals surface area contributed by atoms with Gasteiger partial charge in [0.2, 0.25) is 0 Å². The van der Waals surface area contributed by atoms with Crippen molar-refractivity contribution in [3.8, 4) is 0 Å². The maximum Gasteiger partial charge on any atom is 0.134 e. The van der Waals surface area contributed by atoms with Crippen LogP contribution in [0.2, 0.25) is 0 Å². The van der Waals surface area contributed by atoms with E-state index in [1.807, 2.05) is 6.07 Å². The molecule has 2 rings (SSSR count). The number of nitrogens with one attached hydrogen (secondary N) is 2. The zero-order chi connectivity index (χ0) is 12.8. The summed E-state index contributed by atoms with van der Waals surface area (Å²) in [5.41, 5.74) is 0. The SMILES string of the molecule is CCCCNc1cc(N2CCNC(C)C2)ncn1. The molecule has 0 saturated carbocycles. The van der Waals surface area contributed by atoms with E-state index in [-0.39, 0.29) is 0 Å². The van der Waals surface area contributed by atoms with Crippen molar-refractivity contribution in [3.63, 3.8) is 0 Å². The Hall–Kier alpha value is -1.36. The fourth-order valence-electron chi connectivity index (χ4n) is 2.15. The molecule has 18 heavy (non-hydrogen) atoms. The van der Waals surface area contributed by atoms with E-state index in [0.717, 1.165) is 37.8 Å². The van der Waals surface area contributed by atoms with E-state index in [2.05, 4.69) is 39.3 Å². The standard InChI is InChI=1S/C13H23N5/c1-3-4-5-15-12-8-13(17-10-16-12)18-7-6-14-11(2)9-18/h8,10-11,14H,3-7,9H2,1-2H3,(H,15,16,17). The van der Waals surface area contributed by atoms with Crippen molar-refractivity contribution < 1.29 is 0 Å². The average molecular weight is 249 g/mol. The molecule has 0 spiro atoms. The quantitative estimate of drug-likeness (QED) is 0.774. The molecule has 0 amide bonds. The Balaban J connectivity index is 1.97. The number of unbranched alkanes of at least 4 members (excludes halogenated alkanes) is 1. The van der Waals surface area contributed by atoms with Gasteiger partial charge in [-0.05, 0) is 13.3 Å². The van der Waals surface area contributed by atoms with Gasteiger partial charge in [-0.1, -0.05) is 13.3 Å². The highest BCUT2D eigenvalue weighted by molar-refractivity contribution is 5.48. The van der Waals surface area contributed by atoms with Crippen LogP contribution in [0.1, 0.15) is 26.7 Å². The largest absolute Gasteiger partial charge is 0.370 e. The average Bonchev–Trinajstić information content (AvgIpc) is 2.39. The molecule has 0 aliphatic carbocycles.